The van der Waals surface area contributed by atoms with Gasteiger partial charge >= 0.3 is 8.25 Å². The van der Waals surface area contributed by atoms with Gasteiger partial charge in [-0.1, -0.05) is 48.5 Å². The average molecular weight is 327 g/mol. The van der Waals surface area contributed by atoms with Crippen molar-refractivity contribution in [3.05, 3.63) is 28.3 Å². The third kappa shape index (κ3) is 4.28. The molecule has 0 radical (unpaired) electrons. The molecule has 0 aromatic heterocycles. The normalized spacial score (nSPS) is 13.4. The summed E-state index contributed by atoms with van der Waals surface area (Å²) in [4.78, 5) is 8.93. The molecule has 1 unspecified atom stereocenters. The maximum atomic E-state index is 10.9. The molecule has 0 amide bonds. The molecular weight excluding hydrogens is 299 g/mol. The number of phenols is 1. The van der Waals surface area contributed by atoms with Crippen molar-refractivity contribution in [2.24, 2.45) is 0 Å². The Morgan fingerprint density at radius 2 is 1.68 bits per heavy atom. The van der Waals surface area contributed by atoms with E-state index >= 15 is 0 Å². The van der Waals surface area contributed by atoms with E-state index in [2.05, 4.69) is 20.8 Å². The number of aromatic hydroxyl groups is 1. The fourth-order valence-electron chi connectivity index (χ4n) is 2.80. The number of phenolic OH excluding ortho intramolecular Hbond substituents is 1. The Bertz CT molecular complexity index is 565. The lowest BCUT2D eigenvalue weighted by Gasteiger charge is -2.31. The van der Waals surface area contributed by atoms with E-state index < -0.39 is 8.25 Å². The van der Waals surface area contributed by atoms with Gasteiger partial charge in [-0.3, -0.25) is 0 Å². The van der Waals surface area contributed by atoms with Gasteiger partial charge in [-0.2, -0.15) is 0 Å². The maximum absolute atomic E-state index is 10.9. The number of hydrogen-bond donors (Lipinski definition) is 2. The molecule has 0 fully saturated rings. The first-order valence-corrected chi connectivity index (χ1v) is 8.70. The van der Waals surface area contributed by atoms with Crippen LogP contribution < -0.4 is 0 Å². The molecule has 1 rings (SSSR count). The van der Waals surface area contributed by atoms with Crippen molar-refractivity contribution in [3.8, 4) is 5.75 Å². The molecule has 2 N–H and O–H groups in total. The Balaban J connectivity index is 3.66. The minimum absolute atomic E-state index is 0.0708. The fraction of sp³-hybridized carbons (Fsp3) is 0.647. The minimum Gasteiger partial charge on any atom is -0.507 e. The van der Waals surface area contributed by atoms with Gasteiger partial charge < -0.3 is 5.11 Å². The molecule has 0 aliphatic carbocycles. The molecule has 1 aromatic rings. The summed E-state index contributed by atoms with van der Waals surface area (Å²) in [5.41, 5.74) is 3.14. The average Bonchev–Trinajstić information content (AvgIpc) is 2.33. The summed E-state index contributed by atoms with van der Waals surface area (Å²) < 4.78 is 15.8. The van der Waals surface area contributed by atoms with E-state index in [-0.39, 0.29) is 17.4 Å². The molecule has 0 heterocycles. The molecule has 1 atom stereocenters. The van der Waals surface area contributed by atoms with Crippen molar-refractivity contribution in [2.75, 3.05) is 0 Å². The van der Waals surface area contributed by atoms with Crippen molar-refractivity contribution in [3.63, 3.8) is 0 Å². The monoisotopic (exact) mass is 327 g/mol. The number of rotatable bonds is 4. The van der Waals surface area contributed by atoms with Crippen LogP contribution in [0.25, 0.3) is 0 Å². The SMILES string of the molecule is CCc1c(CO[P+](=O)O)cc(C(C)(C)C)c(O)c1C(C)(C)C. The second kappa shape index (κ2) is 6.66. The van der Waals surface area contributed by atoms with E-state index in [0.717, 1.165) is 28.7 Å². The quantitative estimate of drug-likeness (QED) is 0.786. The second-order valence-corrected chi connectivity index (χ2v) is 8.38. The summed E-state index contributed by atoms with van der Waals surface area (Å²) in [7, 11) is -2.64. The van der Waals surface area contributed by atoms with Gasteiger partial charge in [0.2, 0.25) is 0 Å². The molecule has 0 aliphatic rings. The van der Waals surface area contributed by atoms with E-state index in [9.17, 15) is 9.67 Å². The van der Waals surface area contributed by atoms with Gasteiger partial charge in [0.1, 0.15) is 12.4 Å². The summed E-state index contributed by atoms with van der Waals surface area (Å²) in [5, 5.41) is 10.8. The highest BCUT2D eigenvalue weighted by molar-refractivity contribution is 7.32. The van der Waals surface area contributed by atoms with E-state index in [1.165, 1.54) is 0 Å². The van der Waals surface area contributed by atoms with Crippen LogP contribution in [0.15, 0.2) is 6.07 Å². The Morgan fingerprint density at radius 3 is 2.05 bits per heavy atom. The van der Waals surface area contributed by atoms with Crippen LogP contribution in [-0.4, -0.2) is 10.00 Å². The first kappa shape index (κ1) is 19.1. The Kier molecular flexibility index (Phi) is 5.77. The molecule has 0 spiro atoms. The maximum Gasteiger partial charge on any atom is 0.695 e. The smallest absolute Gasteiger partial charge is 0.507 e. The zero-order valence-corrected chi connectivity index (χ0v) is 15.5. The fourth-order valence-corrected chi connectivity index (χ4v) is 3.05. The molecule has 5 heteroatoms. The van der Waals surface area contributed by atoms with Crippen molar-refractivity contribution in [2.45, 2.75) is 72.3 Å². The topological polar surface area (TPSA) is 66.8 Å². The van der Waals surface area contributed by atoms with E-state index in [0.29, 0.717) is 5.75 Å². The van der Waals surface area contributed by atoms with Crippen molar-refractivity contribution >= 4 is 8.25 Å². The van der Waals surface area contributed by atoms with Gasteiger partial charge in [-0.15, -0.1) is 9.42 Å². The molecule has 0 bridgehead atoms. The third-order valence-electron chi connectivity index (χ3n) is 3.74. The highest BCUT2D eigenvalue weighted by Crippen LogP contribution is 2.43. The molecule has 124 valence electrons. The standard InChI is InChI=1S/C17H27O4P/c1-8-12-11(10-21-22(19)20)9-13(16(2,3)4)15(18)14(12)17(5,6)7/h9H,8,10H2,1-7H3,(H-,18,19,20)/p+1. The lowest BCUT2D eigenvalue weighted by molar-refractivity contribution is 0.271. The van der Waals surface area contributed by atoms with Gasteiger partial charge in [0.25, 0.3) is 0 Å². The largest absolute Gasteiger partial charge is 0.695 e. The predicted molar refractivity (Wildman–Crippen MR) is 89.5 cm³/mol. The van der Waals surface area contributed by atoms with Gasteiger partial charge in [-0.05, 0) is 40.0 Å². The summed E-state index contributed by atoms with van der Waals surface area (Å²) in [5.74, 6) is 0.328. The summed E-state index contributed by atoms with van der Waals surface area (Å²) in [6, 6.07) is 1.90. The Labute approximate surface area is 134 Å². The molecule has 0 saturated heterocycles. The number of hydrogen-bond acceptors (Lipinski definition) is 3. The van der Waals surface area contributed by atoms with Crippen molar-refractivity contribution in [1.29, 1.82) is 0 Å². The molecule has 4 nitrogen and oxygen atoms in total. The highest BCUT2D eigenvalue weighted by atomic mass is 31.1. The highest BCUT2D eigenvalue weighted by Gasteiger charge is 2.30. The van der Waals surface area contributed by atoms with Crippen LogP contribution in [0.2, 0.25) is 0 Å². The van der Waals surface area contributed by atoms with Crippen LogP contribution in [0.5, 0.6) is 5.75 Å². The van der Waals surface area contributed by atoms with Gasteiger partial charge in [0.05, 0.1) is 0 Å². The van der Waals surface area contributed by atoms with Crippen LogP contribution in [0.3, 0.4) is 0 Å². The van der Waals surface area contributed by atoms with E-state index in [4.69, 9.17) is 9.42 Å². The third-order valence-corrected chi connectivity index (χ3v) is 4.09. The lowest BCUT2D eigenvalue weighted by atomic mass is 9.75. The minimum atomic E-state index is -2.64. The van der Waals surface area contributed by atoms with Crippen LogP contribution >= 0.6 is 8.25 Å². The molecule has 22 heavy (non-hydrogen) atoms. The summed E-state index contributed by atoms with van der Waals surface area (Å²) in [6.45, 7) is 14.4. The van der Waals surface area contributed by atoms with Crippen molar-refractivity contribution < 1.29 is 19.1 Å². The van der Waals surface area contributed by atoms with Gasteiger partial charge in [-0.25, -0.2) is 0 Å². The summed E-state index contributed by atoms with van der Waals surface area (Å²) in [6.07, 6.45) is 0.728. The zero-order valence-electron chi connectivity index (χ0n) is 14.6. The predicted octanol–water partition coefficient (Wildman–Crippen LogP) is 4.72. The van der Waals surface area contributed by atoms with Crippen LogP contribution in [0.4, 0.5) is 0 Å². The molecule has 0 saturated carbocycles. The number of benzene rings is 1. The Morgan fingerprint density at radius 1 is 1.14 bits per heavy atom. The first-order valence-electron chi connectivity index (χ1n) is 7.57. The zero-order chi connectivity index (χ0) is 17.3. The molecule has 0 aliphatic heterocycles. The summed E-state index contributed by atoms with van der Waals surface area (Å²) >= 11 is 0. The lowest BCUT2D eigenvalue weighted by Crippen LogP contribution is -2.21. The molecular formula is C17H28O4P+. The van der Waals surface area contributed by atoms with Crippen molar-refractivity contribution in [1.82, 2.24) is 0 Å². The van der Waals surface area contributed by atoms with Crippen LogP contribution in [0.1, 0.15) is 70.7 Å². The van der Waals surface area contributed by atoms with E-state index in [1.807, 2.05) is 33.8 Å². The Hall–Kier alpha value is -0.960. The van der Waals surface area contributed by atoms with E-state index in [1.54, 1.807) is 0 Å². The first-order chi connectivity index (χ1) is 9.89. The van der Waals surface area contributed by atoms with Gasteiger partial charge in [0, 0.05) is 10.1 Å². The van der Waals surface area contributed by atoms with Crippen LogP contribution in [0, 0.1) is 0 Å². The van der Waals surface area contributed by atoms with Crippen LogP contribution in [-0.2, 0) is 32.9 Å². The second-order valence-electron chi connectivity index (χ2n) is 7.65. The van der Waals surface area contributed by atoms with Gasteiger partial charge in [0.15, 0.2) is 0 Å². The molecule has 1 aromatic carbocycles.